The van der Waals surface area contributed by atoms with E-state index >= 15 is 0 Å². The van der Waals surface area contributed by atoms with Crippen molar-refractivity contribution < 1.29 is 9.53 Å². The molecule has 0 aromatic carbocycles. The summed E-state index contributed by atoms with van der Waals surface area (Å²) in [6, 6.07) is 0.551. The fourth-order valence-corrected chi connectivity index (χ4v) is 1.77. The molecular formula is C11H22N2O2. The molecule has 0 spiro atoms. The standard InChI is InChI=1S/C11H22N2O2/c1-9(15-2)7-13-11(14)8-12-10-5-3-4-6-10/h9-10,12H,3-8H2,1-2H3,(H,13,14). The number of methoxy groups -OCH3 is 1. The second-order valence-electron chi connectivity index (χ2n) is 4.21. The van der Waals surface area contributed by atoms with Gasteiger partial charge in [-0.3, -0.25) is 4.79 Å². The third-order valence-corrected chi connectivity index (χ3v) is 2.90. The average molecular weight is 214 g/mol. The van der Waals surface area contributed by atoms with Crippen LogP contribution in [0.1, 0.15) is 32.6 Å². The highest BCUT2D eigenvalue weighted by Crippen LogP contribution is 2.17. The Morgan fingerprint density at radius 2 is 2.13 bits per heavy atom. The van der Waals surface area contributed by atoms with Gasteiger partial charge in [-0.1, -0.05) is 12.8 Å². The van der Waals surface area contributed by atoms with E-state index in [2.05, 4.69) is 10.6 Å². The van der Waals surface area contributed by atoms with Crippen molar-refractivity contribution in [2.24, 2.45) is 0 Å². The molecule has 0 bridgehead atoms. The maximum atomic E-state index is 11.4. The topological polar surface area (TPSA) is 50.4 Å². The van der Waals surface area contributed by atoms with E-state index < -0.39 is 0 Å². The summed E-state index contributed by atoms with van der Waals surface area (Å²) in [5, 5.41) is 6.10. The Bertz CT molecular complexity index is 191. The highest BCUT2D eigenvalue weighted by molar-refractivity contribution is 5.78. The third kappa shape index (κ3) is 5.14. The van der Waals surface area contributed by atoms with Crippen molar-refractivity contribution in [3.8, 4) is 0 Å². The Balaban J connectivity index is 2.02. The summed E-state index contributed by atoms with van der Waals surface area (Å²) in [5.74, 6) is 0.0609. The van der Waals surface area contributed by atoms with Crippen LogP contribution in [0.4, 0.5) is 0 Å². The Morgan fingerprint density at radius 3 is 2.73 bits per heavy atom. The zero-order valence-electron chi connectivity index (χ0n) is 9.71. The van der Waals surface area contributed by atoms with Crippen LogP contribution >= 0.6 is 0 Å². The van der Waals surface area contributed by atoms with E-state index in [-0.39, 0.29) is 12.0 Å². The van der Waals surface area contributed by atoms with E-state index in [1.807, 2.05) is 6.92 Å². The first-order valence-electron chi connectivity index (χ1n) is 5.75. The van der Waals surface area contributed by atoms with E-state index in [4.69, 9.17) is 4.74 Å². The first kappa shape index (κ1) is 12.5. The molecule has 0 aliphatic heterocycles. The molecule has 88 valence electrons. The van der Waals surface area contributed by atoms with Gasteiger partial charge < -0.3 is 15.4 Å². The number of nitrogens with one attached hydrogen (secondary N) is 2. The molecule has 0 heterocycles. The van der Waals surface area contributed by atoms with Gasteiger partial charge in [-0.05, 0) is 19.8 Å². The summed E-state index contributed by atoms with van der Waals surface area (Å²) in [4.78, 5) is 11.4. The van der Waals surface area contributed by atoms with Crippen LogP contribution in [-0.2, 0) is 9.53 Å². The zero-order chi connectivity index (χ0) is 11.1. The SMILES string of the molecule is COC(C)CNC(=O)CNC1CCCC1. The highest BCUT2D eigenvalue weighted by Gasteiger charge is 2.15. The summed E-state index contributed by atoms with van der Waals surface area (Å²) in [6.07, 6.45) is 5.09. The third-order valence-electron chi connectivity index (χ3n) is 2.90. The number of ether oxygens (including phenoxy) is 1. The molecule has 1 atom stereocenters. The van der Waals surface area contributed by atoms with Crippen LogP contribution in [0.3, 0.4) is 0 Å². The average Bonchev–Trinajstić information content (AvgIpc) is 2.75. The van der Waals surface area contributed by atoms with Gasteiger partial charge in [0.15, 0.2) is 0 Å². The Morgan fingerprint density at radius 1 is 1.47 bits per heavy atom. The molecule has 4 nitrogen and oxygen atoms in total. The van der Waals surface area contributed by atoms with Gasteiger partial charge in [0.25, 0.3) is 0 Å². The minimum absolute atomic E-state index is 0.0609. The van der Waals surface area contributed by atoms with Crippen LogP contribution in [0.25, 0.3) is 0 Å². The van der Waals surface area contributed by atoms with E-state index in [9.17, 15) is 4.79 Å². The quantitative estimate of drug-likeness (QED) is 0.683. The largest absolute Gasteiger partial charge is 0.380 e. The van der Waals surface area contributed by atoms with E-state index in [0.29, 0.717) is 19.1 Å². The molecule has 4 heteroatoms. The lowest BCUT2D eigenvalue weighted by molar-refractivity contribution is -0.120. The maximum Gasteiger partial charge on any atom is 0.234 e. The second-order valence-corrected chi connectivity index (χ2v) is 4.21. The van der Waals surface area contributed by atoms with Crippen molar-refractivity contribution in [1.82, 2.24) is 10.6 Å². The molecule has 0 radical (unpaired) electrons. The molecule has 1 rings (SSSR count). The van der Waals surface area contributed by atoms with Crippen molar-refractivity contribution in [1.29, 1.82) is 0 Å². The molecule has 1 saturated carbocycles. The second kappa shape index (κ2) is 6.80. The number of hydrogen-bond acceptors (Lipinski definition) is 3. The molecule has 1 aliphatic rings. The summed E-state index contributed by atoms with van der Waals surface area (Å²) >= 11 is 0. The fourth-order valence-electron chi connectivity index (χ4n) is 1.77. The minimum atomic E-state index is 0.0609. The zero-order valence-corrected chi connectivity index (χ0v) is 9.71. The van der Waals surface area contributed by atoms with Gasteiger partial charge in [0.1, 0.15) is 0 Å². The number of carbonyl (C=O) groups excluding carboxylic acids is 1. The van der Waals surface area contributed by atoms with Crippen LogP contribution in [0.5, 0.6) is 0 Å². The number of amides is 1. The van der Waals surface area contributed by atoms with Crippen molar-refractivity contribution in [3.05, 3.63) is 0 Å². The highest BCUT2D eigenvalue weighted by atomic mass is 16.5. The molecule has 0 aromatic heterocycles. The van der Waals surface area contributed by atoms with Gasteiger partial charge in [-0.25, -0.2) is 0 Å². The molecule has 1 unspecified atom stereocenters. The number of rotatable bonds is 6. The van der Waals surface area contributed by atoms with E-state index in [1.54, 1.807) is 7.11 Å². The monoisotopic (exact) mass is 214 g/mol. The molecular weight excluding hydrogens is 192 g/mol. The fraction of sp³-hybridized carbons (Fsp3) is 0.909. The van der Waals surface area contributed by atoms with Crippen molar-refractivity contribution >= 4 is 5.91 Å². The van der Waals surface area contributed by atoms with Crippen molar-refractivity contribution in [3.63, 3.8) is 0 Å². The lowest BCUT2D eigenvalue weighted by Gasteiger charge is -2.13. The van der Waals surface area contributed by atoms with Gasteiger partial charge in [0.2, 0.25) is 5.91 Å². The van der Waals surface area contributed by atoms with Gasteiger partial charge >= 0.3 is 0 Å². The normalized spacial score (nSPS) is 19.1. The first-order chi connectivity index (χ1) is 7.22. The van der Waals surface area contributed by atoms with Gasteiger partial charge in [-0.2, -0.15) is 0 Å². The lowest BCUT2D eigenvalue weighted by atomic mass is 10.2. The first-order valence-corrected chi connectivity index (χ1v) is 5.75. The van der Waals surface area contributed by atoms with Crippen LogP contribution < -0.4 is 10.6 Å². The molecule has 0 saturated heterocycles. The summed E-state index contributed by atoms with van der Waals surface area (Å²) < 4.78 is 5.04. The Labute approximate surface area is 91.8 Å². The predicted molar refractivity (Wildman–Crippen MR) is 59.7 cm³/mol. The summed E-state index contributed by atoms with van der Waals surface area (Å²) in [5.41, 5.74) is 0. The molecule has 1 aliphatic carbocycles. The van der Waals surface area contributed by atoms with Gasteiger partial charge in [0.05, 0.1) is 12.6 Å². The van der Waals surface area contributed by atoms with E-state index in [0.717, 1.165) is 0 Å². The van der Waals surface area contributed by atoms with Crippen LogP contribution in [0, 0.1) is 0 Å². The van der Waals surface area contributed by atoms with E-state index in [1.165, 1.54) is 25.7 Å². The predicted octanol–water partition coefficient (Wildman–Crippen LogP) is 0.670. The smallest absolute Gasteiger partial charge is 0.234 e. The number of carbonyl (C=O) groups is 1. The molecule has 15 heavy (non-hydrogen) atoms. The minimum Gasteiger partial charge on any atom is -0.380 e. The maximum absolute atomic E-state index is 11.4. The summed E-state index contributed by atoms with van der Waals surface area (Å²) in [6.45, 7) is 2.95. The summed E-state index contributed by atoms with van der Waals surface area (Å²) in [7, 11) is 1.65. The number of hydrogen-bond donors (Lipinski definition) is 2. The van der Waals surface area contributed by atoms with Crippen LogP contribution in [0.2, 0.25) is 0 Å². The molecule has 1 fully saturated rings. The van der Waals surface area contributed by atoms with Crippen molar-refractivity contribution in [2.45, 2.75) is 44.8 Å². The van der Waals surface area contributed by atoms with Gasteiger partial charge in [-0.15, -0.1) is 0 Å². The molecule has 0 aromatic rings. The van der Waals surface area contributed by atoms with Crippen LogP contribution in [-0.4, -0.2) is 38.3 Å². The van der Waals surface area contributed by atoms with Crippen molar-refractivity contribution in [2.75, 3.05) is 20.2 Å². The van der Waals surface area contributed by atoms with Gasteiger partial charge in [0, 0.05) is 19.7 Å². The Hall–Kier alpha value is -0.610. The van der Waals surface area contributed by atoms with Crippen LogP contribution in [0.15, 0.2) is 0 Å². The molecule has 1 amide bonds. The lowest BCUT2D eigenvalue weighted by Crippen LogP contribution is -2.40. The molecule has 2 N–H and O–H groups in total. The Kier molecular flexibility index (Phi) is 5.65.